The van der Waals surface area contributed by atoms with Crippen molar-refractivity contribution < 1.29 is 14.3 Å². The van der Waals surface area contributed by atoms with Crippen LogP contribution in [-0.2, 0) is 14.3 Å². The van der Waals surface area contributed by atoms with Crippen molar-refractivity contribution in [2.24, 2.45) is 5.92 Å². The lowest BCUT2D eigenvalue weighted by Gasteiger charge is -2.01. The summed E-state index contributed by atoms with van der Waals surface area (Å²) < 4.78 is 4.66. The zero-order chi connectivity index (χ0) is 10.3. The van der Waals surface area contributed by atoms with E-state index in [9.17, 15) is 9.59 Å². The van der Waals surface area contributed by atoms with Crippen LogP contribution < -0.4 is 0 Å². The second kappa shape index (κ2) is 6.40. The summed E-state index contributed by atoms with van der Waals surface area (Å²) in [6.45, 7) is 5.46. The van der Waals surface area contributed by atoms with Crippen LogP contribution >= 0.6 is 0 Å². The number of hydrogen-bond donors (Lipinski definition) is 0. The van der Waals surface area contributed by atoms with E-state index < -0.39 is 5.97 Å². The number of ketones is 1. The number of allylic oxidation sites excluding steroid dienone is 1. The molecule has 0 unspecified atom stereocenters. The topological polar surface area (TPSA) is 43.4 Å². The van der Waals surface area contributed by atoms with Crippen molar-refractivity contribution >= 4 is 11.8 Å². The van der Waals surface area contributed by atoms with Crippen LogP contribution in [0.2, 0.25) is 0 Å². The summed E-state index contributed by atoms with van der Waals surface area (Å²) in [6.07, 6.45) is 3.73. The molecule has 13 heavy (non-hydrogen) atoms. The molecule has 0 atom stereocenters. The fourth-order valence-corrected chi connectivity index (χ4v) is 0.608. The largest absolute Gasteiger partial charge is 0.435 e. The third-order valence-electron chi connectivity index (χ3n) is 1.49. The van der Waals surface area contributed by atoms with Gasteiger partial charge in [0.2, 0.25) is 0 Å². The third kappa shape index (κ3) is 6.08. The molecular formula is C10H16O3. The van der Waals surface area contributed by atoms with E-state index in [1.807, 2.05) is 6.92 Å². The van der Waals surface area contributed by atoms with Gasteiger partial charge in [-0.05, 0) is 12.5 Å². The molecule has 0 bridgehead atoms. The molecule has 0 N–H and O–H groups in total. The zero-order valence-electron chi connectivity index (χ0n) is 8.37. The maximum atomic E-state index is 11.1. The van der Waals surface area contributed by atoms with Crippen molar-refractivity contribution in [3.8, 4) is 0 Å². The van der Waals surface area contributed by atoms with E-state index in [0.29, 0.717) is 0 Å². The Kier molecular flexibility index (Phi) is 5.85. The molecule has 0 aliphatic heterocycles. The van der Waals surface area contributed by atoms with Crippen LogP contribution in [0.3, 0.4) is 0 Å². The minimum absolute atomic E-state index is 0.0881. The Bertz CT molecular complexity index is 204. The standard InChI is InChI=1S/C10H16O3/c1-4-5-6-13-10(12)7-9(11)8(2)3/h5-6,8H,4,7H2,1-3H3/b6-5+. The maximum Gasteiger partial charge on any atom is 0.318 e. The number of ether oxygens (including phenoxy) is 1. The first-order valence-corrected chi connectivity index (χ1v) is 4.45. The van der Waals surface area contributed by atoms with E-state index in [1.54, 1.807) is 19.9 Å². The van der Waals surface area contributed by atoms with Gasteiger partial charge in [-0.3, -0.25) is 9.59 Å². The van der Waals surface area contributed by atoms with Crippen molar-refractivity contribution in [1.82, 2.24) is 0 Å². The smallest absolute Gasteiger partial charge is 0.318 e. The predicted octanol–water partition coefficient (Wildman–Crippen LogP) is 2.07. The monoisotopic (exact) mass is 184 g/mol. The second-order valence-corrected chi connectivity index (χ2v) is 3.07. The average molecular weight is 184 g/mol. The predicted molar refractivity (Wildman–Crippen MR) is 50.0 cm³/mol. The Balaban J connectivity index is 3.75. The Hall–Kier alpha value is -1.12. The molecule has 0 aliphatic carbocycles. The van der Waals surface area contributed by atoms with Crippen molar-refractivity contribution in [3.05, 3.63) is 12.3 Å². The molecule has 3 heteroatoms. The number of carbonyl (C=O) groups excluding carboxylic acids is 2. The van der Waals surface area contributed by atoms with Crippen LogP contribution in [0.15, 0.2) is 12.3 Å². The van der Waals surface area contributed by atoms with Gasteiger partial charge in [0, 0.05) is 5.92 Å². The van der Waals surface area contributed by atoms with Gasteiger partial charge in [-0.2, -0.15) is 0 Å². The molecule has 0 aromatic carbocycles. The SMILES string of the molecule is CC/C=C/OC(=O)CC(=O)C(C)C. The van der Waals surface area contributed by atoms with Crippen LogP contribution in [0.4, 0.5) is 0 Å². The maximum absolute atomic E-state index is 11.1. The molecule has 74 valence electrons. The van der Waals surface area contributed by atoms with Crippen LogP contribution in [-0.4, -0.2) is 11.8 Å². The second-order valence-electron chi connectivity index (χ2n) is 3.07. The van der Waals surface area contributed by atoms with Gasteiger partial charge < -0.3 is 4.74 Å². The molecule has 0 aliphatic rings. The van der Waals surface area contributed by atoms with Gasteiger partial charge in [0.05, 0.1) is 6.26 Å². The van der Waals surface area contributed by atoms with Gasteiger partial charge in [0.1, 0.15) is 12.2 Å². The van der Waals surface area contributed by atoms with E-state index >= 15 is 0 Å². The van der Waals surface area contributed by atoms with Crippen LogP contribution in [0, 0.1) is 5.92 Å². The Morgan fingerprint density at radius 2 is 2.00 bits per heavy atom. The number of rotatable bonds is 5. The van der Waals surface area contributed by atoms with Gasteiger partial charge >= 0.3 is 5.97 Å². The molecule has 0 aromatic heterocycles. The number of Topliss-reactive ketones (excluding diaryl/α,β-unsaturated/α-hetero) is 1. The quantitative estimate of drug-likeness (QED) is 0.373. The number of hydrogen-bond acceptors (Lipinski definition) is 3. The summed E-state index contributed by atoms with van der Waals surface area (Å²) in [5.41, 5.74) is 0. The lowest BCUT2D eigenvalue weighted by Crippen LogP contribution is -2.13. The normalized spacial score (nSPS) is 10.8. The Labute approximate surface area is 78.8 Å². The van der Waals surface area contributed by atoms with E-state index in [0.717, 1.165) is 6.42 Å². The fraction of sp³-hybridized carbons (Fsp3) is 0.600. The average Bonchev–Trinajstić information content (AvgIpc) is 2.04. The van der Waals surface area contributed by atoms with Crippen molar-refractivity contribution in [3.63, 3.8) is 0 Å². The van der Waals surface area contributed by atoms with E-state index in [4.69, 9.17) is 0 Å². The molecule has 0 aromatic rings. The minimum Gasteiger partial charge on any atom is -0.435 e. The van der Waals surface area contributed by atoms with Crippen LogP contribution in [0.25, 0.3) is 0 Å². The molecule has 0 rings (SSSR count). The highest BCUT2D eigenvalue weighted by molar-refractivity contribution is 5.96. The molecule has 3 nitrogen and oxygen atoms in total. The van der Waals surface area contributed by atoms with E-state index in [2.05, 4.69) is 4.74 Å². The van der Waals surface area contributed by atoms with E-state index in [1.165, 1.54) is 6.26 Å². The molecule has 0 saturated carbocycles. The summed E-state index contributed by atoms with van der Waals surface area (Å²) in [5, 5.41) is 0. The fourth-order valence-electron chi connectivity index (χ4n) is 0.608. The molecule has 0 saturated heterocycles. The Morgan fingerprint density at radius 1 is 1.38 bits per heavy atom. The lowest BCUT2D eigenvalue weighted by atomic mass is 10.1. The zero-order valence-corrected chi connectivity index (χ0v) is 8.37. The first kappa shape index (κ1) is 11.9. The molecule has 0 heterocycles. The summed E-state index contributed by atoms with van der Waals surface area (Å²) in [6, 6.07) is 0. The van der Waals surface area contributed by atoms with Crippen LogP contribution in [0.5, 0.6) is 0 Å². The number of esters is 1. The first-order valence-electron chi connectivity index (χ1n) is 4.45. The van der Waals surface area contributed by atoms with Crippen molar-refractivity contribution in [2.75, 3.05) is 0 Å². The van der Waals surface area contributed by atoms with Crippen molar-refractivity contribution in [2.45, 2.75) is 33.6 Å². The highest BCUT2D eigenvalue weighted by Gasteiger charge is 2.12. The third-order valence-corrected chi connectivity index (χ3v) is 1.49. The van der Waals surface area contributed by atoms with Gasteiger partial charge in [-0.15, -0.1) is 0 Å². The minimum atomic E-state index is -0.483. The van der Waals surface area contributed by atoms with Crippen molar-refractivity contribution in [1.29, 1.82) is 0 Å². The molecule has 0 amide bonds. The first-order chi connectivity index (χ1) is 6.07. The summed E-state index contributed by atoms with van der Waals surface area (Å²) in [5.74, 6) is -0.680. The molecular weight excluding hydrogens is 168 g/mol. The van der Waals surface area contributed by atoms with Gasteiger partial charge in [0.25, 0.3) is 0 Å². The highest BCUT2D eigenvalue weighted by Crippen LogP contribution is 2.00. The van der Waals surface area contributed by atoms with Gasteiger partial charge in [0.15, 0.2) is 0 Å². The lowest BCUT2D eigenvalue weighted by molar-refractivity contribution is -0.141. The summed E-state index contributed by atoms with van der Waals surface area (Å²) in [7, 11) is 0. The molecule has 0 spiro atoms. The van der Waals surface area contributed by atoms with Crippen LogP contribution in [0.1, 0.15) is 33.6 Å². The molecule has 0 radical (unpaired) electrons. The summed E-state index contributed by atoms with van der Waals surface area (Å²) in [4.78, 5) is 22.0. The van der Waals surface area contributed by atoms with Gasteiger partial charge in [-0.25, -0.2) is 0 Å². The summed E-state index contributed by atoms with van der Waals surface area (Å²) >= 11 is 0. The molecule has 0 fully saturated rings. The number of carbonyl (C=O) groups is 2. The van der Waals surface area contributed by atoms with Gasteiger partial charge in [-0.1, -0.05) is 20.8 Å². The Morgan fingerprint density at radius 3 is 2.46 bits per heavy atom. The van der Waals surface area contributed by atoms with E-state index in [-0.39, 0.29) is 18.1 Å². The highest BCUT2D eigenvalue weighted by atomic mass is 16.5.